The van der Waals surface area contributed by atoms with Crippen molar-refractivity contribution in [1.29, 1.82) is 0 Å². The zero-order chi connectivity index (χ0) is 21.8. The molecule has 2 heterocycles. The number of aryl methyl sites for hydroxylation is 1. The number of benzene rings is 2. The molecule has 0 radical (unpaired) electrons. The second kappa shape index (κ2) is 9.18. The fraction of sp³-hybridized carbons (Fsp3) is 0.261. The van der Waals surface area contributed by atoms with Crippen LogP contribution in [0, 0.1) is 6.92 Å². The Morgan fingerprint density at radius 2 is 2.03 bits per heavy atom. The van der Waals surface area contributed by atoms with Gasteiger partial charge in [0.1, 0.15) is 11.3 Å². The molecule has 2 aromatic carbocycles. The second-order valence-corrected chi connectivity index (χ2v) is 8.01. The molecule has 8 heteroatoms. The number of aromatic nitrogens is 1. The standard InChI is InChI=1S/C23H22N2O5S/c1-3-28-15-8-9-18-16(12-15)14(2)22(30-18)23(27)29-13-20(26)24-11-10-21-25-17-6-4-5-7-19(17)31-21/h4-9,12H,3,10-11,13H2,1-2H3,(H,24,26). The molecule has 0 saturated heterocycles. The van der Waals surface area contributed by atoms with E-state index in [0.29, 0.717) is 36.5 Å². The highest BCUT2D eigenvalue weighted by molar-refractivity contribution is 7.18. The van der Waals surface area contributed by atoms with Crippen molar-refractivity contribution in [3.8, 4) is 5.75 Å². The Hall–Kier alpha value is -3.39. The summed E-state index contributed by atoms with van der Waals surface area (Å²) in [5.41, 5.74) is 2.17. The number of carbonyl (C=O) groups excluding carboxylic acids is 2. The molecule has 0 unspecified atom stereocenters. The second-order valence-electron chi connectivity index (χ2n) is 6.90. The molecule has 0 bridgehead atoms. The lowest BCUT2D eigenvalue weighted by atomic mass is 10.1. The van der Waals surface area contributed by atoms with Crippen LogP contribution in [0.5, 0.6) is 5.75 Å². The van der Waals surface area contributed by atoms with E-state index in [1.807, 2.05) is 37.3 Å². The Morgan fingerprint density at radius 3 is 2.84 bits per heavy atom. The maximum absolute atomic E-state index is 12.4. The van der Waals surface area contributed by atoms with E-state index < -0.39 is 5.97 Å². The summed E-state index contributed by atoms with van der Waals surface area (Å²) in [6, 6.07) is 13.3. The van der Waals surface area contributed by atoms with Crippen LogP contribution in [0.4, 0.5) is 0 Å². The van der Waals surface area contributed by atoms with Gasteiger partial charge in [0.15, 0.2) is 6.61 Å². The maximum Gasteiger partial charge on any atom is 0.375 e. The molecule has 0 aliphatic rings. The van der Waals surface area contributed by atoms with Gasteiger partial charge in [0, 0.05) is 23.9 Å². The molecule has 1 amide bonds. The first-order chi connectivity index (χ1) is 15.0. The molecule has 7 nitrogen and oxygen atoms in total. The number of thiazole rings is 1. The van der Waals surface area contributed by atoms with Crippen LogP contribution in [0.2, 0.25) is 0 Å². The van der Waals surface area contributed by atoms with Crippen LogP contribution in [-0.4, -0.2) is 36.6 Å². The first-order valence-electron chi connectivity index (χ1n) is 9.99. The molecule has 160 valence electrons. The van der Waals surface area contributed by atoms with Gasteiger partial charge in [0.05, 0.1) is 21.8 Å². The van der Waals surface area contributed by atoms with Gasteiger partial charge in [0.2, 0.25) is 5.76 Å². The van der Waals surface area contributed by atoms with Gasteiger partial charge in [0.25, 0.3) is 5.91 Å². The van der Waals surface area contributed by atoms with Crippen LogP contribution in [0.3, 0.4) is 0 Å². The number of para-hydroxylation sites is 1. The molecule has 0 fully saturated rings. The van der Waals surface area contributed by atoms with Crippen LogP contribution in [0.25, 0.3) is 21.2 Å². The van der Waals surface area contributed by atoms with Gasteiger partial charge < -0.3 is 19.2 Å². The Morgan fingerprint density at radius 1 is 1.19 bits per heavy atom. The summed E-state index contributed by atoms with van der Waals surface area (Å²) in [7, 11) is 0. The number of nitrogens with zero attached hydrogens (tertiary/aromatic N) is 1. The minimum absolute atomic E-state index is 0.0888. The molecular formula is C23H22N2O5S. The average Bonchev–Trinajstić information content (AvgIpc) is 3.33. The van der Waals surface area contributed by atoms with E-state index in [-0.39, 0.29) is 18.3 Å². The molecule has 0 spiro atoms. The van der Waals surface area contributed by atoms with Gasteiger partial charge in [-0.25, -0.2) is 9.78 Å². The van der Waals surface area contributed by atoms with Crippen LogP contribution in [0.1, 0.15) is 28.0 Å². The van der Waals surface area contributed by atoms with Crippen LogP contribution >= 0.6 is 11.3 Å². The fourth-order valence-corrected chi connectivity index (χ4v) is 4.20. The molecular weight excluding hydrogens is 416 g/mol. The van der Waals surface area contributed by atoms with Gasteiger partial charge in [-0.2, -0.15) is 0 Å². The van der Waals surface area contributed by atoms with Gasteiger partial charge in [-0.05, 0) is 44.2 Å². The number of rotatable bonds is 8. The molecule has 31 heavy (non-hydrogen) atoms. The maximum atomic E-state index is 12.4. The Labute approximate surface area is 183 Å². The zero-order valence-electron chi connectivity index (χ0n) is 17.3. The van der Waals surface area contributed by atoms with Crippen molar-refractivity contribution in [2.45, 2.75) is 20.3 Å². The SMILES string of the molecule is CCOc1ccc2oc(C(=O)OCC(=O)NCCc3nc4ccccc4s3)c(C)c2c1. The third-order valence-corrected chi connectivity index (χ3v) is 5.83. The van der Waals surface area contributed by atoms with Gasteiger partial charge in [-0.15, -0.1) is 11.3 Å². The van der Waals surface area contributed by atoms with Gasteiger partial charge >= 0.3 is 5.97 Å². The number of amides is 1. The minimum Gasteiger partial charge on any atom is -0.494 e. The predicted octanol–water partition coefficient (Wildman–Crippen LogP) is 4.27. The van der Waals surface area contributed by atoms with E-state index in [1.54, 1.807) is 30.4 Å². The smallest absolute Gasteiger partial charge is 0.375 e. The van der Waals surface area contributed by atoms with Crippen molar-refractivity contribution in [3.05, 3.63) is 58.8 Å². The Bertz CT molecular complexity index is 1210. The van der Waals surface area contributed by atoms with Crippen molar-refractivity contribution in [3.63, 3.8) is 0 Å². The third-order valence-electron chi connectivity index (χ3n) is 4.74. The first-order valence-corrected chi connectivity index (χ1v) is 10.8. The topological polar surface area (TPSA) is 90.7 Å². The number of ether oxygens (including phenoxy) is 2. The third kappa shape index (κ3) is 4.69. The molecule has 2 aromatic heterocycles. The summed E-state index contributed by atoms with van der Waals surface area (Å²) in [4.78, 5) is 29.0. The van der Waals surface area contributed by atoms with Crippen molar-refractivity contribution in [1.82, 2.24) is 10.3 Å². The first kappa shape index (κ1) is 20.9. The quantitative estimate of drug-likeness (QED) is 0.413. The summed E-state index contributed by atoms with van der Waals surface area (Å²) < 4.78 is 17.4. The summed E-state index contributed by atoms with van der Waals surface area (Å²) >= 11 is 1.60. The largest absolute Gasteiger partial charge is 0.494 e. The lowest BCUT2D eigenvalue weighted by Gasteiger charge is -2.05. The minimum atomic E-state index is -0.673. The summed E-state index contributed by atoms with van der Waals surface area (Å²) in [6.45, 7) is 4.26. The van der Waals surface area contributed by atoms with E-state index in [9.17, 15) is 9.59 Å². The molecule has 0 aliphatic heterocycles. The molecule has 4 aromatic rings. The Kier molecular flexibility index (Phi) is 6.18. The van der Waals surface area contributed by atoms with Crippen molar-refractivity contribution in [2.24, 2.45) is 0 Å². The Balaban J connectivity index is 1.29. The highest BCUT2D eigenvalue weighted by Gasteiger charge is 2.20. The molecule has 4 rings (SSSR count). The summed E-state index contributed by atoms with van der Waals surface area (Å²) in [5, 5.41) is 4.47. The average molecular weight is 439 g/mol. The van der Waals surface area contributed by atoms with E-state index in [0.717, 1.165) is 20.6 Å². The van der Waals surface area contributed by atoms with Crippen molar-refractivity contribution < 1.29 is 23.5 Å². The van der Waals surface area contributed by atoms with Gasteiger partial charge in [-0.3, -0.25) is 4.79 Å². The summed E-state index contributed by atoms with van der Waals surface area (Å²) in [5.74, 6) is -0.257. The van der Waals surface area contributed by atoms with Crippen molar-refractivity contribution in [2.75, 3.05) is 19.8 Å². The van der Waals surface area contributed by atoms with E-state index in [2.05, 4.69) is 10.3 Å². The van der Waals surface area contributed by atoms with Gasteiger partial charge in [-0.1, -0.05) is 12.1 Å². The fourth-order valence-electron chi connectivity index (χ4n) is 3.23. The van der Waals surface area contributed by atoms with Crippen molar-refractivity contribution >= 4 is 44.4 Å². The van der Waals surface area contributed by atoms with Crippen LogP contribution in [0.15, 0.2) is 46.9 Å². The molecule has 0 atom stereocenters. The van der Waals surface area contributed by atoms with E-state index in [4.69, 9.17) is 13.9 Å². The lowest BCUT2D eigenvalue weighted by molar-refractivity contribution is -0.124. The number of hydrogen-bond donors (Lipinski definition) is 1. The predicted molar refractivity (Wildman–Crippen MR) is 119 cm³/mol. The molecule has 0 saturated carbocycles. The number of hydrogen-bond acceptors (Lipinski definition) is 7. The van der Waals surface area contributed by atoms with E-state index in [1.165, 1.54) is 0 Å². The number of esters is 1. The highest BCUT2D eigenvalue weighted by Crippen LogP contribution is 2.29. The van der Waals surface area contributed by atoms with E-state index >= 15 is 0 Å². The number of fused-ring (bicyclic) bond motifs is 2. The number of nitrogens with one attached hydrogen (secondary N) is 1. The van der Waals surface area contributed by atoms with Crippen LogP contribution < -0.4 is 10.1 Å². The molecule has 1 N–H and O–H groups in total. The zero-order valence-corrected chi connectivity index (χ0v) is 18.1. The highest BCUT2D eigenvalue weighted by atomic mass is 32.1. The number of carbonyl (C=O) groups is 2. The lowest BCUT2D eigenvalue weighted by Crippen LogP contribution is -2.30. The number of furan rings is 1. The normalized spacial score (nSPS) is 11.0. The summed E-state index contributed by atoms with van der Waals surface area (Å²) in [6.07, 6.45) is 0.615. The molecule has 0 aliphatic carbocycles. The van der Waals surface area contributed by atoms with Crippen LogP contribution in [-0.2, 0) is 16.0 Å². The monoisotopic (exact) mass is 438 g/mol.